The van der Waals surface area contributed by atoms with Crippen LogP contribution in [0.25, 0.3) is 0 Å². The number of likely N-dealkylation sites (tertiary alicyclic amines) is 1. The molecule has 1 aliphatic rings. The average Bonchev–Trinajstić information content (AvgIpc) is 3.13. The van der Waals surface area contributed by atoms with Gasteiger partial charge in [0.2, 0.25) is 5.91 Å². The summed E-state index contributed by atoms with van der Waals surface area (Å²) in [4.78, 5) is 18.5. The van der Waals surface area contributed by atoms with Crippen molar-refractivity contribution in [1.29, 1.82) is 5.26 Å². The Morgan fingerprint density at radius 1 is 1.27 bits per heavy atom. The molecular formula is C20H23N5O. The van der Waals surface area contributed by atoms with Gasteiger partial charge in [-0.25, -0.2) is 4.98 Å². The molecule has 1 aliphatic heterocycles. The largest absolute Gasteiger partial charge is 0.370 e. The van der Waals surface area contributed by atoms with Gasteiger partial charge in [0.25, 0.3) is 0 Å². The number of rotatable bonds is 7. The summed E-state index contributed by atoms with van der Waals surface area (Å²) in [5.41, 5.74) is 1.67. The highest BCUT2D eigenvalue weighted by Gasteiger charge is 2.23. The molecule has 26 heavy (non-hydrogen) atoms. The number of nitrogens with zero attached hydrogens (tertiary/aromatic N) is 3. The zero-order valence-corrected chi connectivity index (χ0v) is 14.7. The molecule has 1 saturated heterocycles. The van der Waals surface area contributed by atoms with Crippen LogP contribution < -0.4 is 10.6 Å². The maximum Gasteiger partial charge on any atom is 0.234 e. The lowest BCUT2D eigenvalue weighted by Gasteiger charge is -2.16. The predicted molar refractivity (Wildman–Crippen MR) is 100 cm³/mol. The number of pyridine rings is 1. The van der Waals surface area contributed by atoms with Crippen molar-refractivity contribution in [2.24, 2.45) is 5.92 Å². The number of aromatic nitrogens is 1. The summed E-state index contributed by atoms with van der Waals surface area (Å²) < 4.78 is 0. The Kier molecular flexibility index (Phi) is 6.18. The van der Waals surface area contributed by atoms with E-state index < -0.39 is 0 Å². The standard InChI is InChI=1S/C20H23N5O/c21-10-17-6-7-19(22-12-17)23-13-18-8-9-25(14-18)15-20(26)24-11-16-4-2-1-3-5-16/h1-7,12,18H,8-9,11,13-15H2,(H,22,23)(H,24,26)/t18-/m0/s1. The van der Waals surface area contributed by atoms with Gasteiger partial charge in [-0.15, -0.1) is 0 Å². The highest BCUT2D eigenvalue weighted by Crippen LogP contribution is 2.16. The maximum absolute atomic E-state index is 12.1. The number of hydrogen-bond donors (Lipinski definition) is 2. The molecule has 134 valence electrons. The minimum absolute atomic E-state index is 0.0659. The van der Waals surface area contributed by atoms with E-state index in [0.29, 0.717) is 24.6 Å². The number of nitrogens with one attached hydrogen (secondary N) is 2. The molecule has 2 heterocycles. The molecule has 2 N–H and O–H groups in total. The van der Waals surface area contributed by atoms with E-state index in [9.17, 15) is 4.79 Å². The topological polar surface area (TPSA) is 81.0 Å². The Morgan fingerprint density at radius 3 is 2.85 bits per heavy atom. The molecule has 2 aromatic rings. The van der Waals surface area contributed by atoms with Crippen LogP contribution in [-0.2, 0) is 11.3 Å². The molecule has 0 aliphatic carbocycles. The van der Waals surface area contributed by atoms with Crippen LogP contribution >= 0.6 is 0 Å². The Bertz CT molecular complexity index is 754. The van der Waals surface area contributed by atoms with Crippen LogP contribution in [0.2, 0.25) is 0 Å². The molecule has 0 radical (unpaired) electrons. The van der Waals surface area contributed by atoms with Crippen LogP contribution in [0.3, 0.4) is 0 Å². The number of hydrogen-bond acceptors (Lipinski definition) is 5. The Balaban J connectivity index is 1.36. The average molecular weight is 349 g/mol. The van der Waals surface area contributed by atoms with Crippen molar-refractivity contribution in [3.63, 3.8) is 0 Å². The van der Waals surface area contributed by atoms with Gasteiger partial charge in [0.05, 0.1) is 12.1 Å². The maximum atomic E-state index is 12.1. The molecule has 3 rings (SSSR count). The van der Waals surface area contributed by atoms with E-state index in [1.165, 1.54) is 0 Å². The minimum Gasteiger partial charge on any atom is -0.370 e. The third kappa shape index (κ3) is 5.30. The fraction of sp³-hybridized carbons (Fsp3) is 0.350. The zero-order valence-electron chi connectivity index (χ0n) is 14.7. The Hall–Kier alpha value is -2.91. The Labute approximate surface area is 153 Å². The summed E-state index contributed by atoms with van der Waals surface area (Å²) in [5, 5.41) is 15.1. The van der Waals surface area contributed by atoms with Gasteiger partial charge in [-0.2, -0.15) is 5.26 Å². The molecule has 1 amide bonds. The van der Waals surface area contributed by atoms with Crippen molar-refractivity contribution < 1.29 is 4.79 Å². The molecule has 0 spiro atoms. The fourth-order valence-corrected chi connectivity index (χ4v) is 3.09. The van der Waals surface area contributed by atoms with Crippen LogP contribution in [0.1, 0.15) is 17.5 Å². The van der Waals surface area contributed by atoms with Gasteiger partial charge < -0.3 is 10.6 Å². The summed E-state index contributed by atoms with van der Waals surface area (Å²) in [6.07, 6.45) is 2.63. The highest BCUT2D eigenvalue weighted by molar-refractivity contribution is 5.78. The summed E-state index contributed by atoms with van der Waals surface area (Å²) in [5.74, 6) is 1.34. The first-order chi connectivity index (χ1) is 12.7. The summed E-state index contributed by atoms with van der Waals surface area (Å²) in [7, 11) is 0. The second kappa shape index (κ2) is 8.97. The first-order valence-electron chi connectivity index (χ1n) is 8.86. The number of anilines is 1. The van der Waals surface area contributed by atoms with Crippen molar-refractivity contribution in [2.45, 2.75) is 13.0 Å². The van der Waals surface area contributed by atoms with Gasteiger partial charge >= 0.3 is 0 Å². The first kappa shape index (κ1) is 17.9. The minimum atomic E-state index is 0.0659. The van der Waals surface area contributed by atoms with E-state index in [0.717, 1.165) is 37.4 Å². The van der Waals surface area contributed by atoms with Crippen molar-refractivity contribution in [2.75, 3.05) is 31.5 Å². The predicted octanol–water partition coefficient (Wildman–Crippen LogP) is 2.00. The van der Waals surface area contributed by atoms with E-state index in [1.807, 2.05) is 36.4 Å². The molecule has 1 atom stereocenters. The molecule has 0 saturated carbocycles. The van der Waals surface area contributed by atoms with E-state index >= 15 is 0 Å². The van der Waals surface area contributed by atoms with E-state index in [1.54, 1.807) is 12.3 Å². The lowest BCUT2D eigenvalue weighted by molar-refractivity contribution is -0.122. The molecule has 6 heteroatoms. The summed E-state index contributed by atoms with van der Waals surface area (Å²) in [6.45, 7) is 3.68. The fourth-order valence-electron chi connectivity index (χ4n) is 3.09. The normalized spacial score (nSPS) is 16.8. The number of nitriles is 1. The van der Waals surface area contributed by atoms with Crippen molar-refractivity contribution >= 4 is 11.7 Å². The Morgan fingerprint density at radius 2 is 2.12 bits per heavy atom. The van der Waals surface area contributed by atoms with Gasteiger partial charge in [-0.3, -0.25) is 9.69 Å². The second-order valence-corrected chi connectivity index (χ2v) is 6.58. The van der Waals surface area contributed by atoms with Crippen LogP contribution in [0.15, 0.2) is 48.7 Å². The van der Waals surface area contributed by atoms with Gasteiger partial charge in [0.15, 0.2) is 0 Å². The van der Waals surface area contributed by atoms with Gasteiger partial charge in [0.1, 0.15) is 11.9 Å². The van der Waals surface area contributed by atoms with E-state index in [4.69, 9.17) is 5.26 Å². The highest BCUT2D eigenvalue weighted by atomic mass is 16.2. The number of carbonyl (C=O) groups excluding carboxylic acids is 1. The van der Waals surface area contributed by atoms with Gasteiger partial charge in [-0.05, 0) is 36.6 Å². The molecule has 6 nitrogen and oxygen atoms in total. The molecule has 1 aromatic heterocycles. The second-order valence-electron chi connectivity index (χ2n) is 6.58. The van der Waals surface area contributed by atoms with Crippen molar-refractivity contribution in [3.05, 3.63) is 59.8 Å². The smallest absolute Gasteiger partial charge is 0.234 e. The third-order valence-corrected chi connectivity index (χ3v) is 4.53. The van der Waals surface area contributed by atoms with Crippen LogP contribution in [-0.4, -0.2) is 42.0 Å². The molecular weight excluding hydrogens is 326 g/mol. The number of benzene rings is 1. The van der Waals surface area contributed by atoms with Gasteiger partial charge in [0, 0.05) is 25.8 Å². The molecule has 1 aromatic carbocycles. The van der Waals surface area contributed by atoms with Gasteiger partial charge in [-0.1, -0.05) is 30.3 Å². The first-order valence-corrected chi connectivity index (χ1v) is 8.86. The summed E-state index contributed by atoms with van der Waals surface area (Å²) in [6, 6.07) is 15.6. The molecule has 0 bridgehead atoms. The van der Waals surface area contributed by atoms with E-state index in [2.05, 4.69) is 26.6 Å². The lowest BCUT2D eigenvalue weighted by Crippen LogP contribution is -2.36. The quantitative estimate of drug-likeness (QED) is 0.799. The molecule has 0 unspecified atom stereocenters. The van der Waals surface area contributed by atoms with Crippen LogP contribution in [0, 0.1) is 17.2 Å². The van der Waals surface area contributed by atoms with Crippen LogP contribution in [0.4, 0.5) is 5.82 Å². The number of amides is 1. The van der Waals surface area contributed by atoms with Crippen molar-refractivity contribution in [3.8, 4) is 6.07 Å². The summed E-state index contributed by atoms with van der Waals surface area (Å²) >= 11 is 0. The SMILES string of the molecule is N#Cc1ccc(NC[C@@H]2CCN(CC(=O)NCc3ccccc3)C2)nc1. The lowest BCUT2D eigenvalue weighted by atomic mass is 10.1. The monoisotopic (exact) mass is 349 g/mol. The molecule has 1 fully saturated rings. The van der Waals surface area contributed by atoms with E-state index in [-0.39, 0.29) is 5.91 Å². The van der Waals surface area contributed by atoms with Crippen LogP contribution in [0.5, 0.6) is 0 Å². The third-order valence-electron chi connectivity index (χ3n) is 4.53. The van der Waals surface area contributed by atoms with Crippen molar-refractivity contribution in [1.82, 2.24) is 15.2 Å². The number of carbonyl (C=O) groups is 1. The zero-order chi connectivity index (χ0) is 18.2.